The fraction of sp³-hybridized carbons (Fsp3) is 0.111. The quantitative estimate of drug-likeness (QED) is 0.717. The molecule has 1 rings (SSSR count). The van der Waals surface area contributed by atoms with Crippen molar-refractivity contribution in [3.8, 4) is 0 Å². The van der Waals surface area contributed by atoms with Crippen LogP contribution in [0.3, 0.4) is 0 Å². The summed E-state index contributed by atoms with van der Waals surface area (Å²) in [6, 6.07) is 6.57. The van der Waals surface area contributed by atoms with E-state index in [1.807, 2.05) is 0 Å². The number of thiocarbonyl (C=S) groups is 1. The van der Waals surface area contributed by atoms with E-state index in [9.17, 15) is 4.79 Å². The van der Waals surface area contributed by atoms with Crippen LogP contribution < -0.4 is 10.6 Å². The molecule has 0 spiro atoms. The van der Waals surface area contributed by atoms with E-state index in [2.05, 4.69) is 10.6 Å². The second-order valence-corrected chi connectivity index (χ2v) is 3.38. The number of hydrogen-bond donors (Lipinski definition) is 2. The van der Waals surface area contributed by atoms with Crippen molar-refractivity contribution in [2.75, 3.05) is 7.05 Å². The number of carbonyl (C=O) groups is 1. The molecule has 0 aliphatic rings. The van der Waals surface area contributed by atoms with Crippen molar-refractivity contribution in [3.05, 3.63) is 34.9 Å². The van der Waals surface area contributed by atoms with Gasteiger partial charge in [0, 0.05) is 17.6 Å². The lowest BCUT2D eigenvalue weighted by Crippen LogP contribution is -2.37. The maximum Gasteiger partial charge on any atom is 0.257 e. The van der Waals surface area contributed by atoms with Crippen LogP contribution in [0.5, 0.6) is 0 Å². The van der Waals surface area contributed by atoms with Crippen molar-refractivity contribution >= 4 is 34.8 Å². The van der Waals surface area contributed by atoms with Crippen molar-refractivity contribution in [2.45, 2.75) is 0 Å². The molecule has 2 N–H and O–H groups in total. The van der Waals surface area contributed by atoms with Gasteiger partial charge in [0.1, 0.15) is 0 Å². The fourth-order valence-corrected chi connectivity index (χ4v) is 1.06. The summed E-state index contributed by atoms with van der Waals surface area (Å²) in [5.41, 5.74) is 0.520. The largest absolute Gasteiger partial charge is 0.365 e. The Morgan fingerprint density at radius 3 is 2.43 bits per heavy atom. The zero-order chi connectivity index (χ0) is 10.6. The number of halogens is 1. The van der Waals surface area contributed by atoms with Crippen molar-refractivity contribution in [1.82, 2.24) is 10.6 Å². The number of carbonyl (C=O) groups excluding carboxylic acids is 1. The molecule has 0 aliphatic heterocycles. The van der Waals surface area contributed by atoms with Crippen LogP contribution in [0, 0.1) is 0 Å². The van der Waals surface area contributed by atoms with E-state index < -0.39 is 0 Å². The molecule has 1 aromatic rings. The minimum absolute atomic E-state index is 0.249. The van der Waals surface area contributed by atoms with E-state index in [4.69, 9.17) is 23.8 Å². The zero-order valence-electron chi connectivity index (χ0n) is 7.50. The third kappa shape index (κ3) is 2.97. The lowest BCUT2D eigenvalue weighted by atomic mass is 10.2. The van der Waals surface area contributed by atoms with Crippen molar-refractivity contribution < 1.29 is 4.79 Å². The predicted molar refractivity (Wildman–Crippen MR) is 60.6 cm³/mol. The molecular weight excluding hydrogens is 220 g/mol. The molecule has 1 aromatic carbocycles. The van der Waals surface area contributed by atoms with Crippen molar-refractivity contribution in [1.29, 1.82) is 0 Å². The van der Waals surface area contributed by atoms with E-state index in [-0.39, 0.29) is 5.91 Å². The number of amides is 1. The van der Waals surface area contributed by atoms with Crippen LogP contribution in [0.4, 0.5) is 0 Å². The summed E-state index contributed by atoms with van der Waals surface area (Å²) in [6.07, 6.45) is 0. The number of benzene rings is 1. The zero-order valence-corrected chi connectivity index (χ0v) is 9.08. The Balaban J connectivity index is 2.70. The first-order chi connectivity index (χ1) is 6.63. The normalized spacial score (nSPS) is 9.29. The lowest BCUT2D eigenvalue weighted by Gasteiger charge is -2.05. The van der Waals surface area contributed by atoms with Gasteiger partial charge in [0.15, 0.2) is 5.11 Å². The molecule has 5 heteroatoms. The topological polar surface area (TPSA) is 41.1 Å². The minimum Gasteiger partial charge on any atom is -0.365 e. The summed E-state index contributed by atoms with van der Waals surface area (Å²) in [5.74, 6) is -0.249. The third-order valence-corrected chi connectivity index (χ3v) is 2.12. The molecule has 0 saturated heterocycles. The predicted octanol–water partition coefficient (Wildman–Crippen LogP) is 1.57. The average molecular weight is 229 g/mol. The van der Waals surface area contributed by atoms with Gasteiger partial charge in [-0.1, -0.05) is 11.6 Å². The number of hydrogen-bond acceptors (Lipinski definition) is 2. The van der Waals surface area contributed by atoms with Gasteiger partial charge in [-0.15, -0.1) is 0 Å². The van der Waals surface area contributed by atoms with Gasteiger partial charge >= 0.3 is 0 Å². The summed E-state index contributed by atoms with van der Waals surface area (Å²) >= 11 is 10.5. The van der Waals surface area contributed by atoms with Crippen LogP contribution in [0.1, 0.15) is 10.4 Å². The molecule has 0 saturated carbocycles. The SMILES string of the molecule is CNC(=S)NC(=O)c1ccc(Cl)cc1. The molecule has 1 amide bonds. The van der Waals surface area contributed by atoms with E-state index in [0.29, 0.717) is 15.7 Å². The monoisotopic (exact) mass is 228 g/mol. The number of nitrogens with one attached hydrogen (secondary N) is 2. The van der Waals surface area contributed by atoms with Gasteiger partial charge in [0.05, 0.1) is 0 Å². The third-order valence-electron chi connectivity index (χ3n) is 1.56. The van der Waals surface area contributed by atoms with Gasteiger partial charge in [0.2, 0.25) is 0 Å². The highest BCUT2D eigenvalue weighted by Gasteiger charge is 2.05. The van der Waals surface area contributed by atoms with Crippen molar-refractivity contribution in [2.24, 2.45) is 0 Å². The first kappa shape index (κ1) is 10.9. The first-order valence-electron chi connectivity index (χ1n) is 3.92. The summed E-state index contributed by atoms with van der Waals surface area (Å²) < 4.78 is 0. The van der Waals surface area contributed by atoms with Gasteiger partial charge < -0.3 is 5.32 Å². The minimum atomic E-state index is -0.249. The van der Waals surface area contributed by atoms with Gasteiger partial charge in [0.25, 0.3) is 5.91 Å². The highest BCUT2D eigenvalue weighted by molar-refractivity contribution is 7.80. The summed E-state index contributed by atoms with van der Waals surface area (Å²) in [7, 11) is 1.64. The standard InChI is InChI=1S/C9H9ClN2OS/c1-11-9(14)12-8(13)6-2-4-7(10)5-3-6/h2-5H,1H3,(H2,11,12,13,14). The Hall–Kier alpha value is -1.13. The summed E-state index contributed by atoms with van der Waals surface area (Å²) in [6.45, 7) is 0. The van der Waals surface area contributed by atoms with E-state index in [1.54, 1.807) is 31.3 Å². The van der Waals surface area contributed by atoms with Crippen molar-refractivity contribution in [3.63, 3.8) is 0 Å². The van der Waals surface area contributed by atoms with Crippen LogP contribution >= 0.6 is 23.8 Å². The molecule has 0 heterocycles. The number of rotatable bonds is 1. The van der Waals surface area contributed by atoms with Gasteiger partial charge in [-0.2, -0.15) is 0 Å². The van der Waals surface area contributed by atoms with Crippen LogP contribution in [0.2, 0.25) is 5.02 Å². The molecule has 0 atom stereocenters. The van der Waals surface area contributed by atoms with Gasteiger partial charge in [-0.05, 0) is 36.5 Å². The molecule has 0 bridgehead atoms. The molecule has 0 unspecified atom stereocenters. The smallest absolute Gasteiger partial charge is 0.257 e. The highest BCUT2D eigenvalue weighted by atomic mass is 35.5. The van der Waals surface area contributed by atoms with E-state index in [1.165, 1.54) is 0 Å². The maximum absolute atomic E-state index is 11.4. The van der Waals surface area contributed by atoms with Crippen LogP contribution in [-0.4, -0.2) is 18.1 Å². The Bertz CT molecular complexity index is 350. The first-order valence-corrected chi connectivity index (χ1v) is 4.70. The molecule has 3 nitrogen and oxygen atoms in total. The summed E-state index contributed by atoms with van der Waals surface area (Å²) in [5, 5.41) is 6.05. The molecule has 0 fully saturated rings. The second kappa shape index (κ2) is 4.93. The lowest BCUT2D eigenvalue weighted by molar-refractivity contribution is 0.0977. The fourth-order valence-electron chi connectivity index (χ4n) is 0.839. The van der Waals surface area contributed by atoms with E-state index in [0.717, 1.165) is 0 Å². The van der Waals surface area contributed by atoms with E-state index >= 15 is 0 Å². The van der Waals surface area contributed by atoms with Crippen LogP contribution in [0.25, 0.3) is 0 Å². The molecular formula is C9H9ClN2OS. The maximum atomic E-state index is 11.4. The highest BCUT2D eigenvalue weighted by Crippen LogP contribution is 2.09. The van der Waals surface area contributed by atoms with Crippen LogP contribution in [0.15, 0.2) is 24.3 Å². The summed E-state index contributed by atoms with van der Waals surface area (Å²) in [4.78, 5) is 11.4. The molecule has 0 radical (unpaired) electrons. The van der Waals surface area contributed by atoms with Gasteiger partial charge in [-0.25, -0.2) is 0 Å². The molecule has 14 heavy (non-hydrogen) atoms. The van der Waals surface area contributed by atoms with Crippen LogP contribution in [-0.2, 0) is 0 Å². The Morgan fingerprint density at radius 2 is 1.93 bits per heavy atom. The average Bonchev–Trinajstić information content (AvgIpc) is 2.18. The van der Waals surface area contributed by atoms with Gasteiger partial charge in [-0.3, -0.25) is 10.1 Å². The Labute approximate surface area is 92.4 Å². The Kier molecular flexibility index (Phi) is 3.85. The Morgan fingerprint density at radius 1 is 1.36 bits per heavy atom. The molecule has 74 valence electrons. The second-order valence-electron chi connectivity index (χ2n) is 2.54. The molecule has 0 aliphatic carbocycles. The molecule has 0 aromatic heterocycles.